The van der Waals surface area contributed by atoms with Gasteiger partial charge in [0.25, 0.3) is 0 Å². The third-order valence-electron chi connectivity index (χ3n) is 5.64. The molecule has 0 fully saturated rings. The maximum absolute atomic E-state index is 6.29. The van der Waals surface area contributed by atoms with E-state index in [4.69, 9.17) is 20.2 Å². The average Bonchev–Trinajstić information content (AvgIpc) is 2.77. The Bertz CT molecular complexity index is 1240. The molecule has 29 heavy (non-hydrogen) atoms. The minimum Gasteiger partial charge on any atom is -0.493 e. The van der Waals surface area contributed by atoms with Gasteiger partial charge in [-0.05, 0) is 34.4 Å². The second kappa shape index (κ2) is 6.90. The number of benzene rings is 3. The molecule has 6 heteroatoms. The number of hydrogen-bond donors (Lipinski definition) is 2. The number of aromatic nitrogens is 2. The van der Waals surface area contributed by atoms with Crippen LogP contribution in [0.2, 0.25) is 0 Å². The molecule has 3 aromatic carbocycles. The molecule has 0 spiro atoms. The Morgan fingerprint density at radius 2 is 1.76 bits per heavy atom. The number of hydrogen-bond acceptors (Lipinski definition) is 6. The van der Waals surface area contributed by atoms with Gasteiger partial charge in [0.1, 0.15) is 11.6 Å². The lowest BCUT2D eigenvalue weighted by Crippen LogP contribution is -2.30. The van der Waals surface area contributed by atoms with Gasteiger partial charge < -0.3 is 20.5 Å². The Labute approximate surface area is 168 Å². The molecule has 146 valence electrons. The van der Waals surface area contributed by atoms with E-state index in [1.807, 2.05) is 12.1 Å². The standard InChI is InChI=1S/C23H22N4O2/c1-28-20-10-17-18(11-21(20)29-2)26-23(27-22(17)24)19-9-16-14(12-25-19)8-7-13-5-3-4-6-15(13)16/h3-8,10-11,19,25H,9,12H2,1-2H3,(H2,24,26,27). The van der Waals surface area contributed by atoms with Gasteiger partial charge in [-0.2, -0.15) is 0 Å². The second-order valence-electron chi connectivity index (χ2n) is 7.25. The lowest BCUT2D eigenvalue weighted by molar-refractivity contribution is 0.355. The van der Waals surface area contributed by atoms with Gasteiger partial charge in [0, 0.05) is 18.0 Å². The molecule has 0 saturated carbocycles. The van der Waals surface area contributed by atoms with E-state index in [1.165, 1.54) is 21.9 Å². The Balaban J connectivity index is 1.59. The number of methoxy groups -OCH3 is 2. The smallest absolute Gasteiger partial charge is 0.162 e. The van der Waals surface area contributed by atoms with Gasteiger partial charge >= 0.3 is 0 Å². The summed E-state index contributed by atoms with van der Waals surface area (Å²) in [5, 5.41) is 6.86. The number of nitrogen functional groups attached to an aromatic ring is 1. The van der Waals surface area contributed by atoms with E-state index < -0.39 is 0 Å². The van der Waals surface area contributed by atoms with Crippen molar-refractivity contribution in [1.82, 2.24) is 15.3 Å². The SMILES string of the molecule is COc1cc2nc(C3Cc4c(ccc5ccccc45)CN3)nc(N)c2cc1OC. The van der Waals surface area contributed by atoms with Crippen LogP contribution in [-0.2, 0) is 13.0 Å². The summed E-state index contributed by atoms with van der Waals surface area (Å²) in [6, 6.07) is 16.5. The van der Waals surface area contributed by atoms with Gasteiger partial charge in [-0.15, -0.1) is 0 Å². The number of nitrogens with one attached hydrogen (secondary N) is 1. The first kappa shape index (κ1) is 17.7. The van der Waals surface area contributed by atoms with Gasteiger partial charge in [0.05, 0.1) is 25.8 Å². The van der Waals surface area contributed by atoms with Crippen LogP contribution in [-0.4, -0.2) is 24.2 Å². The normalized spacial score (nSPS) is 16.0. The number of nitrogens with two attached hydrogens (primary N) is 1. The first-order valence-corrected chi connectivity index (χ1v) is 9.60. The topological polar surface area (TPSA) is 82.3 Å². The molecular weight excluding hydrogens is 364 g/mol. The minimum absolute atomic E-state index is 0.00639. The molecule has 1 atom stereocenters. The first-order chi connectivity index (χ1) is 14.2. The van der Waals surface area contributed by atoms with Crippen molar-refractivity contribution in [1.29, 1.82) is 0 Å². The van der Waals surface area contributed by atoms with Crippen LogP contribution in [0, 0.1) is 0 Å². The van der Waals surface area contributed by atoms with Crippen LogP contribution in [0.3, 0.4) is 0 Å². The molecule has 2 heterocycles. The van der Waals surface area contributed by atoms with Gasteiger partial charge in [0.15, 0.2) is 11.5 Å². The molecule has 0 bridgehead atoms. The Morgan fingerprint density at radius 3 is 2.59 bits per heavy atom. The molecule has 0 amide bonds. The third-order valence-corrected chi connectivity index (χ3v) is 5.64. The molecule has 1 aromatic heterocycles. The summed E-state index contributed by atoms with van der Waals surface area (Å²) in [7, 11) is 3.21. The maximum Gasteiger partial charge on any atom is 0.162 e. The van der Waals surface area contributed by atoms with Crippen molar-refractivity contribution in [3.05, 3.63) is 65.5 Å². The van der Waals surface area contributed by atoms with Crippen LogP contribution in [0.4, 0.5) is 5.82 Å². The second-order valence-corrected chi connectivity index (χ2v) is 7.25. The highest BCUT2D eigenvalue weighted by Crippen LogP contribution is 2.35. The Kier molecular flexibility index (Phi) is 4.21. The summed E-state index contributed by atoms with van der Waals surface area (Å²) in [4.78, 5) is 9.42. The molecule has 4 aromatic rings. The first-order valence-electron chi connectivity index (χ1n) is 9.60. The minimum atomic E-state index is -0.00639. The van der Waals surface area contributed by atoms with E-state index in [0.29, 0.717) is 23.1 Å². The highest BCUT2D eigenvalue weighted by atomic mass is 16.5. The van der Waals surface area contributed by atoms with Gasteiger partial charge in [-0.1, -0.05) is 36.4 Å². The summed E-state index contributed by atoms with van der Waals surface area (Å²) in [5.41, 5.74) is 9.70. The van der Waals surface area contributed by atoms with Gasteiger partial charge in [0.2, 0.25) is 0 Å². The highest BCUT2D eigenvalue weighted by molar-refractivity contribution is 5.91. The average molecular weight is 386 g/mol. The predicted octanol–water partition coefficient (Wildman–Crippen LogP) is 3.77. The quantitative estimate of drug-likeness (QED) is 0.558. The van der Waals surface area contributed by atoms with Crippen molar-refractivity contribution < 1.29 is 9.47 Å². The number of nitrogens with zero attached hydrogens (tertiary/aromatic N) is 2. The lowest BCUT2D eigenvalue weighted by Gasteiger charge is -2.27. The van der Waals surface area contributed by atoms with E-state index >= 15 is 0 Å². The monoisotopic (exact) mass is 386 g/mol. The van der Waals surface area contributed by atoms with Crippen molar-refractivity contribution in [2.75, 3.05) is 20.0 Å². The maximum atomic E-state index is 6.29. The van der Waals surface area contributed by atoms with E-state index in [-0.39, 0.29) is 6.04 Å². The van der Waals surface area contributed by atoms with Crippen LogP contribution >= 0.6 is 0 Å². The largest absolute Gasteiger partial charge is 0.493 e. The Morgan fingerprint density at radius 1 is 0.966 bits per heavy atom. The highest BCUT2D eigenvalue weighted by Gasteiger charge is 2.24. The van der Waals surface area contributed by atoms with Gasteiger partial charge in [-0.25, -0.2) is 9.97 Å². The van der Waals surface area contributed by atoms with Crippen molar-refractivity contribution in [3.63, 3.8) is 0 Å². The molecule has 1 aliphatic heterocycles. The third kappa shape index (κ3) is 2.93. The van der Waals surface area contributed by atoms with Crippen LogP contribution in [0.1, 0.15) is 23.0 Å². The fourth-order valence-corrected chi connectivity index (χ4v) is 4.13. The van der Waals surface area contributed by atoms with Crippen LogP contribution < -0.4 is 20.5 Å². The summed E-state index contributed by atoms with van der Waals surface area (Å²) < 4.78 is 10.8. The molecule has 0 aliphatic carbocycles. The van der Waals surface area contributed by atoms with Crippen LogP contribution in [0.25, 0.3) is 21.7 Å². The summed E-state index contributed by atoms with van der Waals surface area (Å²) in [6.45, 7) is 0.776. The number of anilines is 1. The zero-order chi connectivity index (χ0) is 20.0. The molecule has 6 nitrogen and oxygen atoms in total. The predicted molar refractivity (Wildman–Crippen MR) is 114 cm³/mol. The summed E-state index contributed by atoms with van der Waals surface area (Å²) >= 11 is 0. The number of fused-ring (bicyclic) bond motifs is 4. The molecule has 3 N–H and O–H groups in total. The van der Waals surface area contributed by atoms with E-state index in [1.54, 1.807) is 14.2 Å². The number of rotatable bonds is 3. The van der Waals surface area contributed by atoms with Crippen molar-refractivity contribution in [2.24, 2.45) is 0 Å². The van der Waals surface area contributed by atoms with Crippen molar-refractivity contribution in [3.8, 4) is 11.5 Å². The molecule has 1 aliphatic rings. The zero-order valence-corrected chi connectivity index (χ0v) is 16.4. The summed E-state index contributed by atoms with van der Waals surface area (Å²) in [6.07, 6.45) is 0.814. The Hall–Kier alpha value is -3.38. The fourth-order valence-electron chi connectivity index (χ4n) is 4.13. The molecular formula is C23H22N4O2. The summed E-state index contributed by atoms with van der Waals surface area (Å²) in [5.74, 6) is 2.37. The molecule has 1 unspecified atom stereocenters. The number of ether oxygens (including phenoxy) is 2. The van der Waals surface area contributed by atoms with Crippen LogP contribution in [0.5, 0.6) is 11.5 Å². The fraction of sp³-hybridized carbons (Fsp3) is 0.217. The van der Waals surface area contributed by atoms with E-state index in [2.05, 4.69) is 46.7 Å². The van der Waals surface area contributed by atoms with Gasteiger partial charge in [-0.3, -0.25) is 0 Å². The lowest BCUT2D eigenvalue weighted by atomic mass is 9.90. The molecule has 0 saturated heterocycles. The zero-order valence-electron chi connectivity index (χ0n) is 16.4. The van der Waals surface area contributed by atoms with E-state index in [0.717, 1.165) is 23.9 Å². The van der Waals surface area contributed by atoms with Crippen molar-refractivity contribution in [2.45, 2.75) is 19.0 Å². The van der Waals surface area contributed by atoms with E-state index in [9.17, 15) is 0 Å². The van der Waals surface area contributed by atoms with Crippen molar-refractivity contribution >= 4 is 27.5 Å². The molecule has 5 rings (SSSR count). The van der Waals surface area contributed by atoms with Crippen LogP contribution in [0.15, 0.2) is 48.5 Å². The molecule has 0 radical (unpaired) electrons.